The fourth-order valence-corrected chi connectivity index (χ4v) is 1.10. The lowest BCUT2D eigenvalue weighted by Gasteiger charge is -2.18. The van der Waals surface area contributed by atoms with Gasteiger partial charge >= 0.3 is 12.0 Å². The Bertz CT molecular complexity index is 281. The van der Waals surface area contributed by atoms with Gasteiger partial charge in [-0.3, -0.25) is 0 Å². The number of urea groups is 1. The SMILES string of the molecule is C#CCCCNC(=O)NC(C(=O)O)C(C)C. The normalized spacial score (nSPS) is 11.6. The topological polar surface area (TPSA) is 78.4 Å². The second kappa shape index (κ2) is 7.57. The molecule has 0 radical (unpaired) electrons. The van der Waals surface area contributed by atoms with E-state index >= 15 is 0 Å². The van der Waals surface area contributed by atoms with Crippen LogP contribution < -0.4 is 10.6 Å². The third-order valence-corrected chi connectivity index (χ3v) is 2.00. The summed E-state index contributed by atoms with van der Waals surface area (Å²) in [6, 6.07) is -1.34. The summed E-state index contributed by atoms with van der Waals surface area (Å²) in [5, 5.41) is 13.8. The second-order valence-electron chi connectivity index (χ2n) is 3.77. The van der Waals surface area contributed by atoms with Crippen LogP contribution in [0.5, 0.6) is 0 Å². The number of carboxylic acids is 1. The highest BCUT2D eigenvalue weighted by Gasteiger charge is 2.22. The zero-order chi connectivity index (χ0) is 12.6. The largest absolute Gasteiger partial charge is 0.480 e. The Hall–Kier alpha value is -1.70. The van der Waals surface area contributed by atoms with Crippen molar-refractivity contribution in [1.29, 1.82) is 0 Å². The van der Waals surface area contributed by atoms with E-state index < -0.39 is 18.0 Å². The summed E-state index contributed by atoms with van der Waals surface area (Å²) in [5.41, 5.74) is 0. The standard InChI is InChI=1S/C11H18N2O3/c1-4-5-6-7-12-11(16)13-9(8(2)3)10(14)15/h1,8-9H,5-7H2,2-3H3,(H,14,15)(H2,12,13,16). The molecule has 3 N–H and O–H groups in total. The molecule has 0 rings (SSSR count). The minimum absolute atomic E-state index is 0.158. The van der Waals surface area contributed by atoms with E-state index in [1.54, 1.807) is 13.8 Å². The molecule has 0 bridgehead atoms. The summed E-state index contributed by atoms with van der Waals surface area (Å²) >= 11 is 0. The molecule has 0 aromatic heterocycles. The van der Waals surface area contributed by atoms with Gasteiger partial charge in [-0.05, 0) is 12.3 Å². The maximum Gasteiger partial charge on any atom is 0.326 e. The Morgan fingerprint density at radius 2 is 2.06 bits per heavy atom. The molecule has 0 aliphatic heterocycles. The van der Waals surface area contributed by atoms with Gasteiger partial charge in [0.25, 0.3) is 0 Å². The Morgan fingerprint density at radius 3 is 2.50 bits per heavy atom. The molecule has 0 heterocycles. The van der Waals surface area contributed by atoms with Gasteiger partial charge in [-0.15, -0.1) is 12.3 Å². The maximum absolute atomic E-state index is 11.3. The van der Waals surface area contributed by atoms with E-state index in [0.29, 0.717) is 19.4 Å². The summed E-state index contributed by atoms with van der Waals surface area (Å²) in [5.74, 6) is 1.26. The van der Waals surface area contributed by atoms with Crippen molar-refractivity contribution in [1.82, 2.24) is 10.6 Å². The average Bonchev–Trinajstić information content (AvgIpc) is 2.20. The van der Waals surface area contributed by atoms with Crippen LogP contribution in [0.4, 0.5) is 4.79 Å². The number of carbonyl (C=O) groups excluding carboxylic acids is 1. The van der Waals surface area contributed by atoms with Crippen LogP contribution in [0.15, 0.2) is 0 Å². The molecule has 90 valence electrons. The van der Waals surface area contributed by atoms with Gasteiger partial charge in [-0.1, -0.05) is 13.8 Å². The molecule has 0 saturated carbocycles. The fraction of sp³-hybridized carbons (Fsp3) is 0.636. The van der Waals surface area contributed by atoms with Crippen LogP contribution in [-0.2, 0) is 4.79 Å². The molecule has 5 heteroatoms. The molecular weight excluding hydrogens is 208 g/mol. The highest BCUT2D eigenvalue weighted by Crippen LogP contribution is 2.01. The fourth-order valence-electron chi connectivity index (χ4n) is 1.10. The molecule has 0 spiro atoms. The van der Waals surface area contributed by atoms with Crippen molar-refractivity contribution in [3.63, 3.8) is 0 Å². The van der Waals surface area contributed by atoms with Crippen molar-refractivity contribution in [2.24, 2.45) is 5.92 Å². The zero-order valence-electron chi connectivity index (χ0n) is 9.62. The Kier molecular flexibility index (Phi) is 6.77. The number of terminal acetylenes is 1. The molecule has 0 saturated heterocycles. The third-order valence-electron chi connectivity index (χ3n) is 2.00. The first-order valence-corrected chi connectivity index (χ1v) is 5.19. The number of carbonyl (C=O) groups is 2. The number of hydrogen-bond acceptors (Lipinski definition) is 2. The van der Waals surface area contributed by atoms with Crippen molar-refractivity contribution < 1.29 is 14.7 Å². The molecule has 16 heavy (non-hydrogen) atoms. The van der Waals surface area contributed by atoms with Crippen LogP contribution in [0, 0.1) is 18.3 Å². The van der Waals surface area contributed by atoms with Gasteiger partial charge in [0.1, 0.15) is 6.04 Å². The summed E-state index contributed by atoms with van der Waals surface area (Å²) in [7, 11) is 0. The molecule has 5 nitrogen and oxygen atoms in total. The quantitative estimate of drug-likeness (QED) is 0.463. The van der Waals surface area contributed by atoms with Crippen LogP contribution in [0.2, 0.25) is 0 Å². The van der Waals surface area contributed by atoms with Crippen LogP contribution in [0.3, 0.4) is 0 Å². The average molecular weight is 226 g/mol. The minimum atomic E-state index is -1.03. The van der Waals surface area contributed by atoms with Crippen molar-refractivity contribution in [2.75, 3.05) is 6.54 Å². The van der Waals surface area contributed by atoms with E-state index in [2.05, 4.69) is 16.6 Å². The number of hydrogen-bond donors (Lipinski definition) is 3. The first kappa shape index (κ1) is 14.3. The molecule has 2 amide bonds. The smallest absolute Gasteiger partial charge is 0.326 e. The molecular formula is C11H18N2O3. The molecule has 1 unspecified atom stereocenters. The van der Waals surface area contributed by atoms with Gasteiger partial charge in [0.15, 0.2) is 0 Å². The molecule has 0 aromatic rings. The van der Waals surface area contributed by atoms with Crippen LogP contribution in [-0.4, -0.2) is 29.7 Å². The third kappa shape index (κ3) is 5.91. The zero-order valence-corrected chi connectivity index (χ0v) is 9.62. The predicted octanol–water partition coefficient (Wildman–Crippen LogP) is 0.808. The highest BCUT2D eigenvalue weighted by atomic mass is 16.4. The van der Waals surface area contributed by atoms with Crippen LogP contribution in [0.1, 0.15) is 26.7 Å². The molecule has 0 fully saturated rings. The van der Waals surface area contributed by atoms with E-state index in [0.717, 1.165) is 0 Å². The lowest BCUT2D eigenvalue weighted by Crippen LogP contribution is -2.48. The lowest BCUT2D eigenvalue weighted by molar-refractivity contribution is -0.140. The maximum atomic E-state index is 11.3. The Labute approximate surface area is 95.6 Å². The van der Waals surface area contributed by atoms with Crippen molar-refractivity contribution in [3.05, 3.63) is 0 Å². The highest BCUT2D eigenvalue weighted by molar-refractivity contribution is 5.82. The van der Waals surface area contributed by atoms with Crippen molar-refractivity contribution >= 4 is 12.0 Å². The Morgan fingerprint density at radius 1 is 1.44 bits per heavy atom. The van der Waals surface area contributed by atoms with Gasteiger partial charge in [-0.25, -0.2) is 9.59 Å². The number of aliphatic carboxylic acids is 1. The monoisotopic (exact) mass is 226 g/mol. The molecule has 0 aromatic carbocycles. The van der Waals surface area contributed by atoms with Crippen LogP contribution >= 0.6 is 0 Å². The van der Waals surface area contributed by atoms with E-state index in [1.165, 1.54) is 0 Å². The predicted molar refractivity (Wildman–Crippen MR) is 60.9 cm³/mol. The van der Waals surface area contributed by atoms with Crippen molar-refractivity contribution in [2.45, 2.75) is 32.7 Å². The number of carboxylic acid groups (broad SMARTS) is 1. The molecule has 0 aliphatic rings. The van der Waals surface area contributed by atoms with E-state index in [1.807, 2.05) is 0 Å². The number of rotatable bonds is 6. The van der Waals surface area contributed by atoms with Crippen LogP contribution in [0.25, 0.3) is 0 Å². The van der Waals surface area contributed by atoms with Gasteiger partial charge in [0.05, 0.1) is 0 Å². The number of nitrogens with one attached hydrogen (secondary N) is 2. The summed E-state index contributed by atoms with van der Waals surface area (Å²) in [6.45, 7) is 3.91. The van der Waals surface area contributed by atoms with Gasteiger partial charge in [0, 0.05) is 13.0 Å². The summed E-state index contributed by atoms with van der Waals surface area (Å²) in [6.07, 6.45) is 6.32. The summed E-state index contributed by atoms with van der Waals surface area (Å²) < 4.78 is 0. The number of unbranched alkanes of at least 4 members (excludes halogenated alkanes) is 1. The van der Waals surface area contributed by atoms with E-state index in [9.17, 15) is 9.59 Å². The van der Waals surface area contributed by atoms with Gasteiger partial charge in [0.2, 0.25) is 0 Å². The molecule has 0 aliphatic carbocycles. The first-order valence-electron chi connectivity index (χ1n) is 5.19. The minimum Gasteiger partial charge on any atom is -0.480 e. The lowest BCUT2D eigenvalue weighted by atomic mass is 10.1. The van der Waals surface area contributed by atoms with Crippen molar-refractivity contribution in [3.8, 4) is 12.3 Å². The number of amides is 2. The molecule has 1 atom stereocenters. The van der Waals surface area contributed by atoms with Gasteiger partial charge < -0.3 is 15.7 Å². The van der Waals surface area contributed by atoms with Gasteiger partial charge in [-0.2, -0.15) is 0 Å². The first-order chi connectivity index (χ1) is 7.49. The Balaban J connectivity index is 3.93. The van der Waals surface area contributed by atoms with E-state index in [4.69, 9.17) is 11.5 Å². The second-order valence-corrected chi connectivity index (χ2v) is 3.77. The summed E-state index contributed by atoms with van der Waals surface area (Å²) in [4.78, 5) is 22.1. The van der Waals surface area contributed by atoms with E-state index in [-0.39, 0.29) is 5.92 Å².